The summed E-state index contributed by atoms with van der Waals surface area (Å²) in [5.41, 5.74) is 2.05. The first-order valence-electron chi connectivity index (χ1n) is 6.94. The zero-order chi connectivity index (χ0) is 14.1. The van der Waals surface area contributed by atoms with Crippen molar-refractivity contribution in [1.29, 1.82) is 0 Å². The second-order valence-electron chi connectivity index (χ2n) is 5.27. The summed E-state index contributed by atoms with van der Waals surface area (Å²) in [5.74, 6) is 0.0858. The molecule has 1 aliphatic rings. The molecular formula is C14H19N3O2S. The van der Waals surface area contributed by atoms with E-state index in [1.807, 2.05) is 6.92 Å². The van der Waals surface area contributed by atoms with Crippen molar-refractivity contribution in [2.45, 2.75) is 33.2 Å². The molecular weight excluding hydrogens is 274 g/mol. The van der Waals surface area contributed by atoms with Crippen LogP contribution in [0.4, 0.5) is 0 Å². The van der Waals surface area contributed by atoms with E-state index in [9.17, 15) is 4.79 Å². The van der Waals surface area contributed by atoms with Crippen LogP contribution in [0.3, 0.4) is 0 Å². The molecule has 108 valence electrons. The number of hydrogen-bond acceptors (Lipinski definition) is 4. The molecule has 0 spiro atoms. The molecule has 3 rings (SSSR count). The second-order valence-corrected chi connectivity index (χ2v) is 6.48. The Hall–Kier alpha value is -1.40. The van der Waals surface area contributed by atoms with E-state index in [0.717, 1.165) is 35.8 Å². The first kappa shape index (κ1) is 13.6. The fraction of sp³-hybridized carbons (Fsp3) is 0.571. The molecule has 0 bridgehead atoms. The van der Waals surface area contributed by atoms with Gasteiger partial charge in [0.25, 0.3) is 0 Å². The standard InChI is InChI=1S/C14H19N3O2S/c1-9-7-17-12(10(2)16-14(17)20-9)6-15-13(18)11-4-3-5-19-8-11/h7,11H,3-6,8H2,1-2H3,(H,15,18). The SMILES string of the molecule is Cc1cn2c(CNC(=O)C3CCCOC3)c(C)nc2s1. The van der Waals surface area contributed by atoms with Gasteiger partial charge in [0.15, 0.2) is 4.96 Å². The summed E-state index contributed by atoms with van der Waals surface area (Å²) in [7, 11) is 0. The number of nitrogens with zero attached hydrogens (tertiary/aromatic N) is 2. The third kappa shape index (κ3) is 2.58. The van der Waals surface area contributed by atoms with Gasteiger partial charge in [0, 0.05) is 17.7 Å². The average Bonchev–Trinajstić information content (AvgIpc) is 2.92. The molecule has 1 atom stereocenters. The van der Waals surface area contributed by atoms with Crippen molar-refractivity contribution < 1.29 is 9.53 Å². The van der Waals surface area contributed by atoms with E-state index in [0.29, 0.717) is 13.2 Å². The molecule has 20 heavy (non-hydrogen) atoms. The quantitative estimate of drug-likeness (QED) is 0.942. The Morgan fingerprint density at radius 3 is 3.20 bits per heavy atom. The molecule has 3 heterocycles. The lowest BCUT2D eigenvalue weighted by Gasteiger charge is -2.21. The van der Waals surface area contributed by atoms with Gasteiger partial charge in [-0.05, 0) is 26.7 Å². The molecule has 1 aliphatic heterocycles. The molecule has 0 saturated carbocycles. The van der Waals surface area contributed by atoms with Crippen molar-refractivity contribution in [2.24, 2.45) is 5.92 Å². The predicted molar refractivity (Wildman–Crippen MR) is 77.9 cm³/mol. The average molecular weight is 293 g/mol. The number of nitrogens with one attached hydrogen (secondary N) is 1. The minimum absolute atomic E-state index is 0.00307. The number of ether oxygens (including phenoxy) is 1. The number of amides is 1. The molecule has 0 radical (unpaired) electrons. The number of thiazole rings is 1. The predicted octanol–water partition coefficient (Wildman–Crippen LogP) is 2.06. The van der Waals surface area contributed by atoms with Gasteiger partial charge in [0.1, 0.15) is 0 Å². The minimum Gasteiger partial charge on any atom is -0.381 e. The molecule has 0 aromatic carbocycles. The Kier molecular flexibility index (Phi) is 3.76. The van der Waals surface area contributed by atoms with Crippen LogP contribution in [0.1, 0.15) is 29.1 Å². The molecule has 5 nitrogen and oxygen atoms in total. The van der Waals surface area contributed by atoms with E-state index in [1.165, 1.54) is 4.88 Å². The molecule has 1 N–H and O–H groups in total. The highest BCUT2D eigenvalue weighted by Gasteiger charge is 2.22. The maximum Gasteiger partial charge on any atom is 0.225 e. The highest BCUT2D eigenvalue weighted by Crippen LogP contribution is 2.21. The highest BCUT2D eigenvalue weighted by molar-refractivity contribution is 7.17. The number of aryl methyl sites for hydroxylation is 2. The summed E-state index contributed by atoms with van der Waals surface area (Å²) in [4.78, 5) is 18.9. The molecule has 6 heteroatoms. The zero-order valence-corrected chi connectivity index (χ0v) is 12.6. The van der Waals surface area contributed by atoms with Gasteiger partial charge in [-0.1, -0.05) is 0 Å². The van der Waals surface area contributed by atoms with Crippen molar-refractivity contribution in [3.05, 3.63) is 22.5 Å². The minimum atomic E-state index is -0.00307. The highest BCUT2D eigenvalue weighted by atomic mass is 32.1. The monoisotopic (exact) mass is 293 g/mol. The van der Waals surface area contributed by atoms with Crippen molar-refractivity contribution in [3.63, 3.8) is 0 Å². The lowest BCUT2D eigenvalue weighted by molar-refractivity contribution is -0.129. The summed E-state index contributed by atoms with van der Waals surface area (Å²) in [6.45, 7) is 5.90. The number of hydrogen-bond donors (Lipinski definition) is 1. The van der Waals surface area contributed by atoms with Gasteiger partial charge in [0.05, 0.1) is 30.5 Å². The van der Waals surface area contributed by atoms with Crippen LogP contribution in [0.15, 0.2) is 6.20 Å². The van der Waals surface area contributed by atoms with Crippen molar-refractivity contribution in [2.75, 3.05) is 13.2 Å². The van der Waals surface area contributed by atoms with Crippen LogP contribution in [0.25, 0.3) is 4.96 Å². The third-order valence-electron chi connectivity index (χ3n) is 3.70. The fourth-order valence-corrected chi connectivity index (χ4v) is 3.47. The molecule has 2 aromatic rings. The van der Waals surface area contributed by atoms with Gasteiger partial charge >= 0.3 is 0 Å². The van der Waals surface area contributed by atoms with Crippen LogP contribution in [0.5, 0.6) is 0 Å². The topological polar surface area (TPSA) is 55.6 Å². The van der Waals surface area contributed by atoms with Crippen LogP contribution in [-0.4, -0.2) is 28.5 Å². The van der Waals surface area contributed by atoms with Crippen molar-refractivity contribution in [1.82, 2.24) is 14.7 Å². The first-order valence-corrected chi connectivity index (χ1v) is 7.76. The van der Waals surface area contributed by atoms with Crippen LogP contribution >= 0.6 is 11.3 Å². The van der Waals surface area contributed by atoms with Crippen LogP contribution in [0, 0.1) is 19.8 Å². The smallest absolute Gasteiger partial charge is 0.225 e. The van der Waals surface area contributed by atoms with E-state index in [4.69, 9.17) is 4.74 Å². The maximum atomic E-state index is 12.1. The van der Waals surface area contributed by atoms with Crippen LogP contribution in [0.2, 0.25) is 0 Å². The molecule has 1 saturated heterocycles. The van der Waals surface area contributed by atoms with Gasteiger partial charge in [-0.15, -0.1) is 11.3 Å². The Balaban J connectivity index is 1.69. The Morgan fingerprint density at radius 1 is 1.60 bits per heavy atom. The Morgan fingerprint density at radius 2 is 2.45 bits per heavy atom. The lowest BCUT2D eigenvalue weighted by atomic mass is 10.0. The molecule has 2 aromatic heterocycles. The van der Waals surface area contributed by atoms with Crippen molar-refractivity contribution in [3.8, 4) is 0 Å². The maximum absolute atomic E-state index is 12.1. The molecule has 0 aliphatic carbocycles. The van der Waals surface area contributed by atoms with E-state index >= 15 is 0 Å². The summed E-state index contributed by atoms with van der Waals surface area (Å²) in [6.07, 6.45) is 3.97. The van der Waals surface area contributed by atoms with E-state index in [1.54, 1.807) is 11.3 Å². The number of carbonyl (C=O) groups excluding carboxylic acids is 1. The number of carbonyl (C=O) groups is 1. The van der Waals surface area contributed by atoms with Gasteiger partial charge in [-0.2, -0.15) is 0 Å². The summed E-state index contributed by atoms with van der Waals surface area (Å²) < 4.78 is 7.44. The fourth-order valence-electron chi connectivity index (χ4n) is 2.58. The molecule has 1 unspecified atom stereocenters. The number of rotatable bonds is 3. The number of fused-ring (bicyclic) bond motifs is 1. The van der Waals surface area contributed by atoms with Crippen LogP contribution in [-0.2, 0) is 16.1 Å². The van der Waals surface area contributed by atoms with Gasteiger partial charge < -0.3 is 10.1 Å². The first-order chi connectivity index (χ1) is 9.65. The summed E-state index contributed by atoms with van der Waals surface area (Å²) in [6, 6.07) is 0. The Labute approximate surface area is 122 Å². The third-order valence-corrected chi connectivity index (χ3v) is 4.60. The van der Waals surface area contributed by atoms with E-state index in [-0.39, 0.29) is 11.8 Å². The Bertz CT molecular complexity index is 626. The summed E-state index contributed by atoms with van der Waals surface area (Å²) >= 11 is 1.67. The lowest BCUT2D eigenvalue weighted by Crippen LogP contribution is -2.35. The molecule has 1 fully saturated rings. The van der Waals surface area contributed by atoms with Crippen LogP contribution < -0.4 is 5.32 Å². The zero-order valence-electron chi connectivity index (χ0n) is 11.8. The van der Waals surface area contributed by atoms with E-state index < -0.39 is 0 Å². The van der Waals surface area contributed by atoms with Gasteiger partial charge in [-0.3, -0.25) is 9.20 Å². The van der Waals surface area contributed by atoms with Crippen molar-refractivity contribution >= 4 is 22.2 Å². The second kappa shape index (κ2) is 5.54. The van der Waals surface area contributed by atoms with E-state index in [2.05, 4.69) is 27.8 Å². The molecule has 1 amide bonds. The number of imidazole rings is 1. The number of aromatic nitrogens is 2. The van der Waals surface area contributed by atoms with Gasteiger partial charge in [-0.25, -0.2) is 4.98 Å². The largest absolute Gasteiger partial charge is 0.381 e. The summed E-state index contributed by atoms with van der Waals surface area (Å²) in [5, 5.41) is 3.02. The van der Waals surface area contributed by atoms with Gasteiger partial charge in [0.2, 0.25) is 5.91 Å². The normalized spacial score (nSPS) is 19.4.